The number of hydrogen-bond donors (Lipinski definition) is 2. The molecule has 1 fully saturated rings. The Kier molecular flexibility index (Phi) is 4.42. The van der Waals surface area contributed by atoms with Crippen LogP contribution in [0.3, 0.4) is 0 Å². The van der Waals surface area contributed by atoms with Gasteiger partial charge in [-0.05, 0) is 26.3 Å². The predicted octanol–water partition coefficient (Wildman–Crippen LogP) is 0.439. The molecule has 1 saturated heterocycles. The molecule has 3 heterocycles. The number of piperidine rings is 1. The molecule has 1 atom stereocenters. The summed E-state index contributed by atoms with van der Waals surface area (Å²) in [5.41, 5.74) is 1.02. The maximum Gasteiger partial charge on any atom is 0.242 e. The average molecular weight is 304 g/mol. The Labute approximate surface area is 131 Å². The van der Waals surface area contributed by atoms with E-state index >= 15 is 0 Å². The number of nitrogens with one attached hydrogen (secondary N) is 2. The zero-order chi connectivity index (χ0) is 15.5. The highest BCUT2D eigenvalue weighted by Crippen LogP contribution is 2.29. The highest BCUT2D eigenvalue weighted by Gasteiger charge is 2.31. The van der Waals surface area contributed by atoms with Gasteiger partial charge in [0.15, 0.2) is 0 Å². The van der Waals surface area contributed by atoms with E-state index < -0.39 is 0 Å². The molecule has 2 aliphatic heterocycles. The van der Waals surface area contributed by atoms with E-state index in [1.54, 1.807) is 6.33 Å². The topological polar surface area (TPSA) is 73.4 Å². The molecular formula is C15H24N6O. The van der Waals surface area contributed by atoms with Gasteiger partial charge >= 0.3 is 0 Å². The second-order valence-corrected chi connectivity index (χ2v) is 5.93. The van der Waals surface area contributed by atoms with Crippen molar-refractivity contribution in [3.63, 3.8) is 0 Å². The Hall–Kier alpha value is -1.89. The first kappa shape index (κ1) is 15.0. The first-order chi connectivity index (χ1) is 10.7. The highest BCUT2D eigenvalue weighted by atomic mass is 16.2. The van der Waals surface area contributed by atoms with Crippen LogP contribution in [-0.2, 0) is 11.3 Å². The Morgan fingerprint density at radius 1 is 1.41 bits per heavy atom. The maximum absolute atomic E-state index is 12.6. The quantitative estimate of drug-likeness (QED) is 0.844. The number of anilines is 2. The largest absolute Gasteiger partial charge is 0.370 e. The maximum atomic E-state index is 12.6. The van der Waals surface area contributed by atoms with Crippen LogP contribution in [0.5, 0.6) is 0 Å². The normalized spacial score (nSPS) is 22.3. The smallest absolute Gasteiger partial charge is 0.242 e. The van der Waals surface area contributed by atoms with Crippen molar-refractivity contribution < 1.29 is 4.79 Å². The number of carbonyl (C=O) groups is 1. The molecule has 1 unspecified atom stereocenters. The zero-order valence-corrected chi connectivity index (χ0v) is 13.3. The molecule has 1 amide bonds. The third-order valence-corrected chi connectivity index (χ3v) is 4.36. The van der Waals surface area contributed by atoms with E-state index in [9.17, 15) is 4.79 Å². The SMILES string of the molecule is CCNc1ncnc2c1CN(C1CCCNC1)C(=O)CN2C. The second-order valence-electron chi connectivity index (χ2n) is 5.93. The van der Waals surface area contributed by atoms with Crippen LogP contribution >= 0.6 is 0 Å². The summed E-state index contributed by atoms with van der Waals surface area (Å²) < 4.78 is 0. The van der Waals surface area contributed by atoms with E-state index in [1.807, 2.05) is 23.8 Å². The van der Waals surface area contributed by atoms with Crippen LogP contribution in [-0.4, -0.2) is 60.0 Å². The lowest BCUT2D eigenvalue weighted by atomic mass is 10.1. The van der Waals surface area contributed by atoms with Crippen LogP contribution in [0.4, 0.5) is 11.6 Å². The van der Waals surface area contributed by atoms with Crippen LogP contribution in [0.25, 0.3) is 0 Å². The van der Waals surface area contributed by atoms with Crippen molar-refractivity contribution in [1.29, 1.82) is 0 Å². The van der Waals surface area contributed by atoms with E-state index in [-0.39, 0.29) is 11.9 Å². The van der Waals surface area contributed by atoms with Crippen molar-refractivity contribution >= 4 is 17.5 Å². The number of rotatable bonds is 3. The fraction of sp³-hybridized carbons (Fsp3) is 0.667. The van der Waals surface area contributed by atoms with Gasteiger partial charge in [-0.15, -0.1) is 0 Å². The van der Waals surface area contributed by atoms with Crippen molar-refractivity contribution in [2.75, 3.05) is 43.4 Å². The lowest BCUT2D eigenvalue weighted by molar-refractivity contribution is -0.132. The molecule has 0 bridgehead atoms. The van der Waals surface area contributed by atoms with Gasteiger partial charge in [-0.1, -0.05) is 0 Å². The monoisotopic (exact) mass is 304 g/mol. The van der Waals surface area contributed by atoms with E-state index in [0.717, 1.165) is 49.7 Å². The lowest BCUT2D eigenvalue weighted by Crippen LogP contribution is -2.49. The number of fused-ring (bicyclic) bond motifs is 1. The summed E-state index contributed by atoms with van der Waals surface area (Å²) in [6.07, 6.45) is 3.74. The van der Waals surface area contributed by atoms with Crippen molar-refractivity contribution in [3.05, 3.63) is 11.9 Å². The summed E-state index contributed by atoms with van der Waals surface area (Å²) >= 11 is 0. The minimum atomic E-state index is 0.164. The van der Waals surface area contributed by atoms with E-state index in [0.29, 0.717) is 13.1 Å². The van der Waals surface area contributed by atoms with Gasteiger partial charge in [0.25, 0.3) is 0 Å². The molecule has 3 rings (SSSR count). The van der Waals surface area contributed by atoms with Gasteiger partial charge in [0.1, 0.15) is 18.0 Å². The Bertz CT molecular complexity index is 543. The molecule has 7 heteroatoms. The van der Waals surface area contributed by atoms with Crippen molar-refractivity contribution in [2.45, 2.75) is 32.4 Å². The molecule has 120 valence electrons. The summed E-state index contributed by atoms with van der Waals surface area (Å²) in [7, 11) is 1.92. The molecule has 0 saturated carbocycles. The van der Waals surface area contributed by atoms with Gasteiger partial charge in [0, 0.05) is 26.2 Å². The first-order valence-electron chi connectivity index (χ1n) is 7.99. The number of aromatic nitrogens is 2. The third-order valence-electron chi connectivity index (χ3n) is 4.36. The molecule has 1 aromatic rings. The molecule has 2 aliphatic rings. The molecule has 0 spiro atoms. The molecule has 1 aromatic heterocycles. The summed E-state index contributed by atoms with van der Waals surface area (Å²) in [5, 5.41) is 6.68. The fourth-order valence-electron chi connectivity index (χ4n) is 3.26. The van der Waals surface area contributed by atoms with Gasteiger partial charge in [-0.3, -0.25) is 4.79 Å². The minimum Gasteiger partial charge on any atom is -0.370 e. The Morgan fingerprint density at radius 3 is 3.00 bits per heavy atom. The van der Waals surface area contributed by atoms with Gasteiger partial charge in [0.2, 0.25) is 5.91 Å². The summed E-state index contributed by atoms with van der Waals surface area (Å²) in [4.78, 5) is 25.3. The van der Waals surface area contributed by atoms with Crippen LogP contribution in [0.2, 0.25) is 0 Å². The molecule has 2 N–H and O–H groups in total. The summed E-state index contributed by atoms with van der Waals surface area (Å²) in [6.45, 7) is 5.70. The zero-order valence-electron chi connectivity index (χ0n) is 13.3. The summed E-state index contributed by atoms with van der Waals surface area (Å²) in [6, 6.07) is 0.260. The molecule has 0 radical (unpaired) electrons. The van der Waals surface area contributed by atoms with Gasteiger partial charge in [0.05, 0.1) is 18.7 Å². The van der Waals surface area contributed by atoms with Crippen molar-refractivity contribution in [1.82, 2.24) is 20.2 Å². The lowest BCUT2D eigenvalue weighted by Gasteiger charge is -2.34. The van der Waals surface area contributed by atoms with E-state index in [2.05, 4.69) is 20.6 Å². The number of amides is 1. The highest BCUT2D eigenvalue weighted by molar-refractivity contribution is 5.84. The van der Waals surface area contributed by atoms with E-state index in [1.165, 1.54) is 0 Å². The number of carbonyl (C=O) groups excluding carboxylic acids is 1. The predicted molar refractivity (Wildman–Crippen MR) is 85.9 cm³/mol. The van der Waals surface area contributed by atoms with Crippen molar-refractivity contribution in [2.24, 2.45) is 0 Å². The fourth-order valence-corrected chi connectivity index (χ4v) is 3.26. The number of nitrogens with zero attached hydrogens (tertiary/aromatic N) is 4. The first-order valence-corrected chi connectivity index (χ1v) is 7.99. The molecule has 0 aromatic carbocycles. The number of hydrogen-bond acceptors (Lipinski definition) is 6. The van der Waals surface area contributed by atoms with Crippen molar-refractivity contribution in [3.8, 4) is 0 Å². The van der Waals surface area contributed by atoms with E-state index in [4.69, 9.17) is 0 Å². The molecule has 7 nitrogen and oxygen atoms in total. The third kappa shape index (κ3) is 2.85. The molecular weight excluding hydrogens is 280 g/mol. The van der Waals surface area contributed by atoms with Gasteiger partial charge in [-0.25, -0.2) is 9.97 Å². The summed E-state index contributed by atoms with van der Waals surface area (Å²) in [5.74, 6) is 1.85. The Morgan fingerprint density at radius 2 is 2.27 bits per heavy atom. The van der Waals surface area contributed by atoms with Crippen LogP contribution in [0, 0.1) is 0 Å². The molecule has 0 aliphatic carbocycles. The Balaban J connectivity index is 1.94. The van der Waals surface area contributed by atoms with Crippen LogP contribution in [0.15, 0.2) is 6.33 Å². The van der Waals surface area contributed by atoms with Gasteiger partial charge in [-0.2, -0.15) is 0 Å². The minimum absolute atomic E-state index is 0.164. The molecule has 22 heavy (non-hydrogen) atoms. The second kappa shape index (κ2) is 6.48. The average Bonchev–Trinajstić information content (AvgIpc) is 2.66. The standard InChI is InChI=1S/C15H24N6O/c1-3-17-14-12-8-21(11-5-4-6-16-7-11)13(22)9-20(2)15(12)19-10-18-14/h10-11,16H,3-9H2,1-2H3,(H,17,18,19). The number of likely N-dealkylation sites (N-methyl/N-ethyl adjacent to an activating group) is 1. The van der Waals surface area contributed by atoms with Gasteiger partial charge < -0.3 is 20.4 Å². The van der Waals surface area contributed by atoms with Crippen LogP contribution < -0.4 is 15.5 Å². The van der Waals surface area contributed by atoms with Crippen LogP contribution in [0.1, 0.15) is 25.3 Å².